The minimum absolute atomic E-state index is 0.0768. The lowest BCUT2D eigenvalue weighted by Crippen LogP contribution is -2.26. The molecule has 1 unspecified atom stereocenters. The number of nitrogens with zero attached hydrogens (tertiary/aromatic N) is 1. The van der Waals surface area contributed by atoms with Crippen molar-refractivity contribution in [1.82, 2.24) is 10.3 Å². The van der Waals surface area contributed by atoms with E-state index in [0.717, 1.165) is 34.3 Å². The predicted molar refractivity (Wildman–Crippen MR) is 136 cm³/mol. The number of carbonyl (C=O) groups is 2. The molecule has 1 aromatic heterocycles. The highest BCUT2D eigenvalue weighted by molar-refractivity contribution is 5.94. The Morgan fingerprint density at radius 2 is 1.71 bits per heavy atom. The quantitative estimate of drug-likeness (QED) is 0.266. The molecule has 0 spiro atoms. The Balaban J connectivity index is 1.47. The summed E-state index contributed by atoms with van der Waals surface area (Å²) in [4.78, 5) is 27.4. The Morgan fingerprint density at radius 3 is 2.37 bits per heavy atom. The second-order valence-electron chi connectivity index (χ2n) is 8.59. The Hall–Kier alpha value is -4.13. The molecule has 35 heavy (non-hydrogen) atoms. The van der Waals surface area contributed by atoms with Gasteiger partial charge in [-0.1, -0.05) is 44.5 Å². The summed E-state index contributed by atoms with van der Waals surface area (Å²) in [6.07, 6.45) is 0.891. The molecule has 4 aromatic rings. The van der Waals surface area contributed by atoms with Gasteiger partial charge in [0, 0.05) is 23.4 Å². The number of carboxylic acid groups (broad SMARTS) is 1. The first-order chi connectivity index (χ1) is 16.9. The Morgan fingerprint density at radius 1 is 1.00 bits per heavy atom. The van der Waals surface area contributed by atoms with Crippen molar-refractivity contribution in [2.75, 3.05) is 11.9 Å². The summed E-state index contributed by atoms with van der Waals surface area (Å²) in [5, 5.41) is 14.9. The van der Waals surface area contributed by atoms with E-state index in [1.54, 1.807) is 12.1 Å². The molecule has 0 aliphatic carbocycles. The number of carbonyl (C=O) groups excluding carboxylic acids is 1. The standard InChI is InChI=1S/C28H29N3O4/c1-3-18(2)26(30-22-14-12-20(13-15-22)27(34)29-17-16-25(32)33)19-8-10-21(11-9-19)28-31-23-6-4-5-7-24(23)35-28/h4-15,18,26,30H,3,16-17H2,1-2H3,(H,29,34)(H,32,33)/t18?,26-/m0/s1. The van der Waals surface area contributed by atoms with Crippen LogP contribution < -0.4 is 10.6 Å². The van der Waals surface area contributed by atoms with Crippen molar-refractivity contribution in [3.05, 3.63) is 83.9 Å². The third kappa shape index (κ3) is 5.87. The van der Waals surface area contributed by atoms with Crippen LogP contribution in [-0.4, -0.2) is 28.5 Å². The van der Waals surface area contributed by atoms with Gasteiger partial charge in [-0.05, 0) is 60.0 Å². The number of oxazole rings is 1. The Labute approximate surface area is 204 Å². The summed E-state index contributed by atoms with van der Waals surface area (Å²) in [6.45, 7) is 4.47. The summed E-state index contributed by atoms with van der Waals surface area (Å²) >= 11 is 0. The molecule has 3 aromatic carbocycles. The smallest absolute Gasteiger partial charge is 0.305 e. The van der Waals surface area contributed by atoms with Crippen molar-refractivity contribution in [3.8, 4) is 11.5 Å². The number of hydrogen-bond donors (Lipinski definition) is 3. The van der Waals surface area contributed by atoms with Gasteiger partial charge in [0.05, 0.1) is 12.5 Å². The van der Waals surface area contributed by atoms with Crippen molar-refractivity contribution in [2.24, 2.45) is 5.92 Å². The van der Waals surface area contributed by atoms with Gasteiger partial charge in [-0.25, -0.2) is 4.98 Å². The lowest BCUT2D eigenvalue weighted by Gasteiger charge is -2.26. The molecule has 0 aliphatic heterocycles. The van der Waals surface area contributed by atoms with Crippen molar-refractivity contribution in [3.63, 3.8) is 0 Å². The highest BCUT2D eigenvalue weighted by atomic mass is 16.4. The number of fused-ring (bicyclic) bond motifs is 1. The van der Waals surface area contributed by atoms with Crippen LogP contribution in [0.5, 0.6) is 0 Å². The summed E-state index contributed by atoms with van der Waals surface area (Å²) in [7, 11) is 0. The van der Waals surface area contributed by atoms with Crippen LogP contribution in [0.25, 0.3) is 22.6 Å². The van der Waals surface area contributed by atoms with Gasteiger partial charge in [0.15, 0.2) is 5.58 Å². The largest absolute Gasteiger partial charge is 0.481 e. The van der Waals surface area contributed by atoms with Crippen LogP contribution in [0.1, 0.15) is 48.7 Å². The second kappa shape index (κ2) is 10.9. The van der Waals surface area contributed by atoms with Crippen LogP contribution in [0.4, 0.5) is 5.69 Å². The maximum absolute atomic E-state index is 12.2. The van der Waals surface area contributed by atoms with Gasteiger partial charge >= 0.3 is 5.97 Å². The normalized spacial score (nSPS) is 12.7. The van der Waals surface area contributed by atoms with Gasteiger partial charge in [-0.15, -0.1) is 0 Å². The number of rotatable bonds is 10. The molecule has 0 fully saturated rings. The zero-order valence-electron chi connectivity index (χ0n) is 19.8. The number of aromatic nitrogens is 1. The molecule has 0 aliphatic rings. The van der Waals surface area contributed by atoms with Crippen LogP contribution in [0.15, 0.2) is 77.2 Å². The third-order valence-electron chi connectivity index (χ3n) is 6.12. The first-order valence-corrected chi connectivity index (χ1v) is 11.8. The van der Waals surface area contributed by atoms with Gasteiger partial charge < -0.3 is 20.2 Å². The second-order valence-corrected chi connectivity index (χ2v) is 8.59. The predicted octanol–water partition coefficient (Wildman–Crippen LogP) is 5.90. The zero-order chi connectivity index (χ0) is 24.8. The van der Waals surface area contributed by atoms with Gasteiger partial charge in [0.2, 0.25) is 5.89 Å². The molecule has 1 amide bonds. The van der Waals surface area contributed by atoms with Gasteiger partial charge in [-0.3, -0.25) is 9.59 Å². The topological polar surface area (TPSA) is 104 Å². The van der Waals surface area contributed by atoms with Crippen LogP contribution >= 0.6 is 0 Å². The number of nitrogens with one attached hydrogen (secondary N) is 2. The molecule has 4 rings (SSSR count). The number of aliphatic carboxylic acids is 1. The molecule has 7 heteroatoms. The molecule has 180 valence electrons. The first-order valence-electron chi connectivity index (χ1n) is 11.8. The minimum Gasteiger partial charge on any atom is -0.481 e. The third-order valence-corrected chi connectivity index (χ3v) is 6.12. The fourth-order valence-corrected chi connectivity index (χ4v) is 3.90. The molecule has 1 heterocycles. The van der Waals surface area contributed by atoms with Crippen molar-refractivity contribution < 1.29 is 19.1 Å². The number of carboxylic acids is 1. The van der Waals surface area contributed by atoms with Gasteiger partial charge in [-0.2, -0.15) is 0 Å². The molecule has 2 atom stereocenters. The molecule has 7 nitrogen and oxygen atoms in total. The van der Waals surface area contributed by atoms with E-state index in [4.69, 9.17) is 9.52 Å². The van der Waals surface area contributed by atoms with E-state index in [9.17, 15) is 9.59 Å². The fourth-order valence-electron chi connectivity index (χ4n) is 3.90. The molecule has 0 saturated carbocycles. The average molecular weight is 472 g/mol. The summed E-state index contributed by atoms with van der Waals surface area (Å²) in [5.41, 5.74) is 5.07. The number of amides is 1. The van der Waals surface area contributed by atoms with E-state index >= 15 is 0 Å². The molecule has 0 saturated heterocycles. The van der Waals surface area contributed by atoms with Crippen LogP contribution in [0.3, 0.4) is 0 Å². The number of para-hydroxylation sites is 2. The molecule has 0 bridgehead atoms. The van der Waals surface area contributed by atoms with Crippen molar-refractivity contribution in [1.29, 1.82) is 0 Å². The van der Waals surface area contributed by atoms with Crippen molar-refractivity contribution in [2.45, 2.75) is 32.7 Å². The van der Waals surface area contributed by atoms with E-state index in [-0.39, 0.29) is 24.9 Å². The highest BCUT2D eigenvalue weighted by Crippen LogP contribution is 2.31. The maximum atomic E-state index is 12.2. The van der Waals surface area contributed by atoms with Crippen LogP contribution in [0, 0.1) is 5.92 Å². The number of hydrogen-bond acceptors (Lipinski definition) is 5. The monoisotopic (exact) mass is 471 g/mol. The first kappa shape index (κ1) is 24.0. The van der Waals surface area contributed by atoms with Crippen LogP contribution in [0.2, 0.25) is 0 Å². The van der Waals surface area contributed by atoms with Crippen LogP contribution in [-0.2, 0) is 4.79 Å². The van der Waals surface area contributed by atoms with E-state index in [0.29, 0.717) is 17.4 Å². The zero-order valence-corrected chi connectivity index (χ0v) is 19.8. The van der Waals surface area contributed by atoms with E-state index in [1.807, 2.05) is 48.5 Å². The molecule has 0 radical (unpaired) electrons. The summed E-state index contributed by atoms with van der Waals surface area (Å²) in [6, 6.07) is 23.3. The SMILES string of the molecule is CCC(C)[C@H](Nc1ccc(C(=O)NCCC(=O)O)cc1)c1ccc(-c2nc3ccccc3o2)cc1. The minimum atomic E-state index is -0.942. The summed E-state index contributed by atoms with van der Waals surface area (Å²) in [5.74, 6) is -0.263. The Kier molecular flexibility index (Phi) is 7.45. The highest BCUT2D eigenvalue weighted by Gasteiger charge is 2.19. The lowest BCUT2D eigenvalue weighted by molar-refractivity contribution is -0.136. The number of anilines is 1. The van der Waals surface area contributed by atoms with Crippen molar-refractivity contribution >= 4 is 28.7 Å². The lowest BCUT2D eigenvalue weighted by atomic mass is 9.91. The van der Waals surface area contributed by atoms with E-state index < -0.39 is 5.97 Å². The van der Waals surface area contributed by atoms with E-state index in [1.165, 1.54) is 0 Å². The Bertz CT molecular complexity index is 1260. The van der Waals surface area contributed by atoms with Gasteiger partial charge in [0.25, 0.3) is 5.91 Å². The maximum Gasteiger partial charge on any atom is 0.305 e. The number of benzene rings is 3. The summed E-state index contributed by atoms with van der Waals surface area (Å²) < 4.78 is 5.90. The molecule has 3 N–H and O–H groups in total. The molecular formula is C28H29N3O4. The average Bonchev–Trinajstić information content (AvgIpc) is 3.31. The fraction of sp³-hybridized carbons (Fsp3) is 0.250. The molecular weight excluding hydrogens is 442 g/mol. The van der Waals surface area contributed by atoms with Gasteiger partial charge in [0.1, 0.15) is 5.52 Å². The van der Waals surface area contributed by atoms with E-state index in [2.05, 4.69) is 41.6 Å².